The number of hydrogen-bond donors (Lipinski definition) is 2. The number of amides is 1. The summed E-state index contributed by atoms with van der Waals surface area (Å²) in [7, 11) is -3.39. The second-order valence-electron chi connectivity index (χ2n) is 6.18. The number of benzene rings is 2. The lowest BCUT2D eigenvalue weighted by Crippen LogP contribution is -2.18. The quantitative estimate of drug-likeness (QED) is 0.530. The van der Waals surface area contributed by atoms with Gasteiger partial charge in [-0.2, -0.15) is 0 Å². The average Bonchev–Trinajstić information content (AvgIpc) is 2.60. The number of nitrogens with one attached hydrogen (secondary N) is 2. The topological polar surface area (TPSA) is 75.3 Å². The molecule has 28 heavy (non-hydrogen) atoms. The van der Waals surface area contributed by atoms with E-state index in [9.17, 15) is 13.2 Å². The fraction of sp³-hybridized carbons (Fsp3) is 0.316. The van der Waals surface area contributed by atoms with Gasteiger partial charge in [-0.1, -0.05) is 42.3 Å². The first-order valence-electron chi connectivity index (χ1n) is 8.63. The Hall–Kier alpha value is -1.41. The number of thioether (sulfide) groups is 1. The molecule has 152 valence electrons. The smallest absolute Gasteiger partial charge is 0.234 e. The summed E-state index contributed by atoms with van der Waals surface area (Å²) < 4.78 is 26.5. The lowest BCUT2D eigenvalue weighted by molar-refractivity contribution is -0.113. The molecular formula is C19H22Cl2N2O3S2. The molecule has 2 aromatic carbocycles. The first kappa shape index (κ1) is 22.9. The SMILES string of the molecule is CCCS(=O)(=O)Nc1cccc(NC(=O)CSCc2ccc(Cl)cc2Cl)c1C. The van der Waals surface area contributed by atoms with E-state index < -0.39 is 10.0 Å². The third-order valence-corrected chi connectivity index (χ3v) is 6.90. The third kappa shape index (κ3) is 6.88. The van der Waals surface area contributed by atoms with Crippen LogP contribution in [0.3, 0.4) is 0 Å². The maximum absolute atomic E-state index is 12.3. The van der Waals surface area contributed by atoms with Gasteiger partial charge in [0.05, 0.1) is 17.2 Å². The van der Waals surface area contributed by atoms with Gasteiger partial charge in [0.25, 0.3) is 0 Å². The molecule has 9 heteroatoms. The third-order valence-electron chi connectivity index (χ3n) is 3.85. The molecule has 0 aliphatic rings. The lowest BCUT2D eigenvalue weighted by atomic mass is 10.1. The van der Waals surface area contributed by atoms with Crippen LogP contribution in [-0.2, 0) is 20.6 Å². The van der Waals surface area contributed by atoms with Crippen molar-refractivity contribution in [1.29, 1.82) is 0 Å². The highest BCUT2D eigenvalue weighted by atomic mass is 35.5. The maximum atomic E-state index is 12.3. The van der Waals surface area contributed by atoms with Gasteiger partial charge in [-0.15, -0.1) is 11.8 Å². The summed E-state index contributed by atoms with van der Waals surface area (Å²) in [5, 5.41) is 3.97. The van der Waals surface area contributed by atoms with Gasteiger partial charge < -0.3 is 5.32 Å². The van der Waals surface area contributed by atoms with Crippen molar-refractivity contribution in [2.75, 3.05) is 21.5 Å². The number of halogens is 2. The summed E-state index contributed by atoms with van der Waals surface area (Å²) >= 11 is 13.4. The summed E-state index contributed by atoms with van der Waals surface area (Å²) in [5.41, 5.74) is 2.62. The second kappa shape index (κ2) is 10.4. The lowest BCUT2D eigenvalue weighted by Gasteiger charge is -2.14. The summed E-state index contributed by atoms with van der Waals surface area (Å²) in [4.78, 5) is 12.3. The molecule has 2 rings (SSSR count). The summed E-state index contributed by atoms with van der Waals surface area (Å²) in [5.74, 6) is 0.697. The fourth-order valence-electron chi connectivity index (χ4n) is 2.45. The van der Waals surface area contributed by atoms with E-state index in [1.807, 2.05) is 6.07 Å². The van der Waals surface area contributed by atoms with Crippen molar-refractivity contribution in [3.63, 3.8) is 0 Å². The Morgan fingerprint density at radius 2 is 1.86 bits per heavy atom. The van der Waals surface area contributed by atoms with Crippen LogP contribution in [0.5, 0.6) is 0 Å². The van der Waals surface area contributed by atoms with E-state index in [2.05, 4.69) is 10.0 Å². The molecule has 0 aromatic heterocycles. The van der Waals surface area contributed by atoms with Gasteiger partial charge in [0, 0.05) is 21.5 Å². The normalized spacial score (nSPS) is 11.3. The molecule has 0 aliphatic heterocycles. The van der Waals surface area contributed by atoms with Gasteiger partial charge in [-0.25, -0.2) is 8.42 Å². The predicted molar refractivity (Wildman–Crippen MR) is 120 cm³/mol. The van der Waals surface area contributed by atoms with Crippen molar-refractivity contribution in [1.82, 2.24) is 0 Å². The molecule has 0 atom stereocenters. The van der Waals surface area contributed by atoms with Crippen LogP contribution in [0.4, 0.5) is 11.4 Å². The van der Waals surface area contributed by atoms with E-state index in [0.29, 0.717) is 39.2 Å². The molecule has 2 aromatic rings. The van der Waals surface area contributed by atoms with Crippen LogP contribution < -0.4 is 10.0 Å². The number of rotatable bonds is 9. The van der Waals surface area contributed by atoms with Crippen molar-refractivity contribution in [3.05, 3.63) is 57.6 Å². The Morgan fingerprint density at radius 1 is 1.14 bits per heavy atom. The van der Waals surface area contributed by atoms with E-state index in [0.717, 1.165) is 5.56 Å². The molecule has 0 heterocycles. The van der Waals surface area contributed by atoms with Gasteiger partial charge >= 0.3 is 0 Å². The summed E-state index contributed by atoms with van der Waals surface area (Å²) in [6.07, 6.45) is 0.527. The van der Waals surface area contributed by atoms with Crippen LogP contribution in [0.1, 0.15) is 24.5 Å². The summed E-state index contributed by atoms with van der Waals surface area (Å²) in [6.45, 7) is 3.57. The second-order valence-corrected chi connectivity index (χ2v) is 9.85. The standard InChI is InChI=1S/C19H22Cl2N2O3S2/c1-3-9-28(25,26)23-18-6-4-5-17(13(18)2)22-19(24)12-27-11-14-7-8-15(20)10-16(14)21/h4-8,10,23H,3,9,11-12H2,1-2H3,(H,22,24). The van der Waals surface area contributed by atoms with Gasteiger partial charge in [-0.05, 0) is 48.7 Å². The molecule has 0 saturated carbocycles. The van der Waals surface area contributed by atoms with E-state index >= 15 is 0 Å². The Morgan fingerprint density at radius 3 is 2.54 bits per heavy atom. The minimum Gasteiger partial charge on any atom is -0.325 e. The van der Waals surface area contributed by atoms with Crippen LogP contribution in [0.15, 0.2) is 36.4 Å². The minimum atomic E-state index is -3.39. The maximum Gasteiger partial charge on any atom is 0.234 e. The molecule has 0 bridgehead atoms. The van der Waals surface area contributed by atoms with Gasteiger partial charge in [0.2, 0.25) is 15.9 Å². The fourth-order valence-corrected chi connectivity index (χ4v) is 5.03. The Kier molecular flexibility index (Phi) is 8.49. The van der Waals surface area contributed by atoms with Crippen LogP contribution >= 0.6 is 35.0 Å². The Balaban J connectivity index is 1.95. The van der Waals surface area contributed by atoms with Crippen molar-refractivity contribution < 1.29 is 13.2 Å². The Labute approximate surface area is 180 Å². The number of carbonyl (C=O) groups excluding carboxylic acids is 1. The van der Waals surface area contributed by atoms with E-state index in [1.54, 1.807) is 44.2 Å². The molecule has 0 spiro atoms. The molecule has 0 saturated heterocycles. The molecular weight excluding hydrogens is 439 g/mol. The Bertz CT molecular complexity index is 950. The molecule has 0 fully saturated rings. The van der Waals surface area contributed by atoms with Gasteiger partial charge in [0.1, 0.15) is 0 Å². The predicted octanol–water partition coefficient (Wildman–Crippen LogP) is 5.33. The van der Waals surface area contributed by atoms with E-state index in [4.69, 9.17) is 23.2 Å². The van der Waals surface area contributed by atoms with Gasteiger partial charge in [0.15, 0.2) is 0 Å². The first-order chi connectivity index (χ1) is 13.2. The average molecular weight is 461 g/mol. The van der Waals surface area contributed by atoms with E-state index in [-0.39, 0.29) is 17.4 Å². The van der Waals surface area contributed by atoms with Crippen LogP contribution in [0.2, 0.25) is 10.0 Å². The highest BCUT2D eigenvalue weighted by molar-refractivity contribution is 7.99. The zero-order valence-corrected chi connectivity index (χ0v) is 18.7. The zero-order chi connectivity index (χ0) is 20.7. The van der Waals surface area contributed by atoms with Crippen molar-refractivity contribution >= 4 is 62.3 Å². The number of sulfonamides is 1. The number of carbonyl (C=O) groups is 1. The number of hydrogen-bond acceptors (Lipinski definition) is 4. The van der Waals surface area contributed by atoms with Crippen LogP contribution in [0, 0.1) is 6.92 Å². The molecule has 0 radical (unpaired) electrons. The molecule has 2 N–H and O–H groups in total. The van der Waals surface area contributed by atoms with Crippen LogP contribution in [0.25, 0.3) is 0 Å². The van der Waals surface area contributed by atoms with E-state index in [1.165, 1.54) is 11.8 Å². The largest absolute Gasteiger partial charge is 0.325 e. The minimum absolute atomic E-state index is 0.0485. The molecule has 0 unspecified atom stereocenters. The highest BCUT2D eigenvalue weighted by Gasteiger charge is 2.13. The zero-order valence-electron chi connectivity index (χ0n) is 15.6. The monoisotopic (exact) mass is 460 g/mol. The molecule has 0 aliphatic carbocycles. The van der Waals surface area contributed by atoms with Crippen molar-refractivity contribution in [2.45, 2.75) is 26.0 Å². The first-order valence-corrected chi connectivity index (χ1v) is 12.2. The molecule has 5 nitrogen and oxygen atoms in total. The highest BCUT2D eigenvalue weighted by Crippen LogP contribution is 2.26. The summed E-state index contributed by atoms with van der Waals surface area (Å²) in [6, 6.07) is 10.4. The van der Waals surface area contributed by atoms with Crippen molar-refractivity contribution in [3.8, 4) is 0 Å². The van der Waals surface area contributed by atoms with Crippen molar-refractivity contribution in [2.24, 2.45) is 0 Å². The number of anilines is 2. The molecule has 1 amide bonds. The van der Waals surface area contributed by atoms with Crippen LogP contribution in [-0.4, -0.2) is 25.8 Å². The van der Waals surface area contributed by atoms with Gasteiger partial charge in [-0.3, -0.25) is 9.52 Å².